The molecule has 0 bridgehead atoms. The molecule has 0 N–H and O–H groups in total. The van der Waals surface area contributed by atoms with E-state index < -0.39 is 6.10 Å². The molecule has 6 heteroatoms. The van der Waals surface area contributed by atoms with Gasteiger partial charge in [-0.1, -0.05) is 223 Å². The number of rotatable bonds is 49. The van der Waals surface area contributed by atoms with Crippen LogP contribution in [0.2, 0.25) is 0 Å². The van der Waals surface area contributed by atoms with E-state index in [2.05, 4.69) is 69.4 Å². The Kier molecular flexibility index (Phi) is 49.8. The first kappa shape index (κ1) is 60.4. The molecule has 0 aromatic heterocycles. The summed E-state index contributed by atoms with van der Waals surface area (Å²) in [5.41, 5.74) is 0. The van der Waals surface area contributed by atoms with Crippen LogP contribution in [0.5, 0.6) is 0 Å². The van der Waals surface area contributed by atoms with Crippen molar-refractivity contribution in [3.8, 4) is 0 Å². The molecule has 6 nitrogen and oxygen atoms in total. The first-order valence-corrected chi connectivity index (χ1v) is 27.1. The highest BCUT2D eigenvalue weighted by atomic mass is 16.6. The third kappa shape index (κ3) is 50.2. The van der Waals surface area contributed by atoms with Gasteiger partial charge >= 0.3 is 17.9 Å². The topological polar surface area (TPSA) is 78.9 Å². The van der Waals surface area contributed by atoms with Crippen LogP contribution in [0.3, 0.4) is 0 Å². The quantitative estimate of drug-likeness (QED) is 0.0262. The molecular weight excluding hydrogens is 781 g/mol. The van der Waals surface area contributed by atoms with Crippen LogP contribution < -0.4 is 0 Å². The van der Waals surface area contributed by atoms with Crippen LogP contribution in [0, 0.1) is 0 Å². The Balaban J connectivity index is 4.37. The van der Waals surface area contributed by atoms with Gasteiger partial charge in [-0.2, -0.15) is 0 Å². The minimum atomic E-state index is -0.780. The molecule has 1 unspecified atom stereocenters. The summed E-state index contributed by atoms with van der Waals surface area (Å²) in [4.78, 5) is 38.0. The Morgan fingerprint density at radius 2 is 0.571 bits per heavy atom. The fourth-order valence-electron chi connectivity index (χ4n) is 7.68. The summed E-state index contributed by atoms with van der Waals surface area (Å²) in [6, 6.07) is 0. The summed E-state index contributed by atoms with van der Waals surface area (Å²) >= 11 is 0. The average molecular weight is 883 g/mol. The SMILES string of the molecule is CCCCC/C=C\C/C=C\C/C=C\CCCCCCCCC(=O)OCC(COC(=O)CCCCCCCCCCCCCCC)OC(=O)CCCCCCC/C=C\CCCCCC. The maximum absolute atomic E-state index is 12.8. The van der Waals surface area contributed by atoms with Crippen molar-refractivity contribution in [1.82, 2.24) is 0 Å². The third-order valence-corrected chi connectivity index (χ3v) is 11.8. The maximum Gasteiger partial charge on any atom is 0.306 e. The van der Waals surface area contributed by atoms with Gasteiger partial charge in [0, 0.05) is 19.3 Å². The van der Waals surface area contributed by atoms with E-state index in [4.69, 9.17) is 14.2 Å². The molecule has 0 saturated heterocycles. The summed E-state index contributed by atoms with van der Waals surface area (Å²) in [7, 11) is 0. The second kappa shape index (κ2) is 52.0. The predicted molar refractivity (Wildman–Crippen MR) is 270 cm³/mol. The van der Waals surface area contributed by atoms with Gasteiger partial charge in [0.1, 0.15) is 13.2 Å². The van der Waals surface area contributed by atoms with Gasteiger partial charge in [-0.3, -0.25) is 14.4 Å². The molecule has 0 spiro atoms. The number of esters is 3. The zero-order valence-corrected chi connectivity index (χ0v) is 41.8. The van der Waals surface area contributed by atoms with Crippen LogP contribution in [0.1, 0.15) is 278 Å². The molecule has 0 radical (unpaired) electrons. The molecular formula is C57H102O6. The number of allylic oxidation sites excluding steroid dienone is 8. The molecule has 0 aliphatic carbocycles. The molecule has 0 aromatic rings. The summed E-state index contributed by atoms with van der Waals surface area (Å²) in [6.07, 6.45) is 62.3. The van der Waals surface area contributed by atoms with Crippen molar-refractivity contribution in [2.24, 2.45) is 0 Å². The van der Waals surface area contributed by atoms with E-state index in [0.29, 0.717) is 19.3 Å². The normalized spacial score (nSPS) is 12.4. The molecule has 63 heavy (non-hydrogen) atoms. The van der Waals surface area contributed by atoms with E-state index in [1.54, 1.807) is 0 Å². The van der Waals surface area contributed by atoms with Crippen molar-refractivity contribution in [1.29, 1.82) is 0 Å². The molecule has 0 saturated carbocycles. The lowest BCUT2D eigenvalue weighted by Gasteiger charge is -2.18. The number of carbonyl (C=O) groups is 3. The predicted octanol–water partition coefficient (Wildman–Crippen LogP) is 17.9. The van der Waals surface area contributed by atoms with Crippen LogP contribution >= 0.6 is 0 Å². The number of unbranched alkanes of at least 4 members (excludes halogenated alkanes) is 30. The fraction of sp³-hybridized carbons (Fsp3) is 0.807. The van der Waals surface area contributed by atoms with Gasteiger partial charge in [-0.15, -0.1) is 0 Å². The van der Waals surface area contributed by atoms with E-state index in [9.17, 15) is 14.4 Å². The van der Waals surface area contributed by atoms with E-state index in [0.717, 1.165) is 89.9 Å². The summed E-state index contributed by atoms with van der Waals surface area (Å²) in [5.74, 6) is -0.891. The van der Waals surface area contributed by atoms with Gasteiger partial charge in [0.2, 0.25) is 0 Å². The highest BCUT2D eigenvalue weighted by Gasteiger charge is 2.19. The van der Waals surface area contributed by atoms with E-state index in [1.165, 1.54) is 148 Å². The highest BCUT2D eigenvalue weighted by molar-refractivity contribution is 5.71. The second-order valence-corrected chi connectivity index (χ2v) is 18.1. The first-order chi connectivity index (χ1) is 31.0. The molecule has 0 amide bonds. The minimum Gasteiger partial charge on any atom is -0.462 e. The van der Waals surface area contributed by atoms with Crippen molar-refractivity contribution in [3.05, 3.63) is 48.6 Å². The van der Waals surface area contributed by atoms with Crippen molar-refractivity contribution in [2.45, 2.75) is 284 Å². The highest BCUT2D eigenvalue weighted by Crippen LogP contribution is 2.15. The molecule has 0 fully saturated rings. The van der Waals surface area contributed by atoms with Gasteiger partial charge < -0.3 is 14.2 Å². The van der Waals surface area contributed by atoms with Crippen LogP contribution in [0.15, 0.2) is 48.6 Å². The largest absolute Gasteiger partial charge is 0.462 e. The van der Waals surface area contributed by atoms with Gasteiger partial charge in [0.15, 0.2) is 6.10 Å². The Morgan fingerprint density at radius 1 is 0.317 bits per heavy atom. The van der Waals surface area contributed by atoms with Crippen molar-refractivity contribution in [2.75, 3.05) is 13.2 Å². The van der Waals surface area contributed by atoms with Gasteiger partial charge in [-0.25, -0.2) is 0 Å². The summed E-state index contributed by atoms with van der Waals surface area (Å²) in [6.45, 7) is 6.60. The van der Waals surface area contributed by atoms with E-state index in [-0.39, 0.29) is 31.1 Å². The lowest BCUT2D eigenvalue weighted by molar-refractivity contribution is -0.167. The Labute approximate surface area is 390 Å². The Bertz CT molecular complexity index is 1110. The van der Waals surface area contributed by atoms with E-state index >= 15 is 0 Å². The fourth-order valence-corrected chi connectivity index (χ4v) is 7.68. The first-order valence-electron chi connectivity index (χ1n) is 27.1. The Hall–Kier alpha value is -2.63. The average Bonchev–Trinajstić information content (AvgIpc) is 3.28. The van der Waals surface area contributed by atoms with Gasteiger partial charge in [0.25, 0.3) is 0 Å². The monoisotopic (exact) mass is 883 g/mol. The zero-order valence-electron chi connectivity index (χ0n) is 41.8. The van der Waals surface area contributed by atoms with Crippen molar-refractivity contribution < 1.29 is 28.6 Å². The number of hydrogen-bond acceptors (Lipinski definition) is 6. The maximum atomic E-state index is 12.8. The Morgan fingerprint density at radius 3 is 0.952 bits per heavy atom. The molecule has 0 rings (SSSR count). The summed E-state index contributed by atoms with van der Waals surface area (Å²) in [5, 5.41) is 0. The van der Waals surface area contributed by atoms with E-state index in [1.807, 2.05) is 0 Å². The number of carbonyl (C=O) groups excluding carboxylic acids is 3. The summed E-state index contributed by atoms with van der Waals surface area (Å²) < 4.78 is 16.8. The van der Waals surface area contributed by atoms with Crippen LogP contribution in [0.4, 0.5) is 0 Å². The zero-order chi connectivity index (χ0) is 45.8. The molecule has 1 atom stereocenters. The van der Waals surface area contributed by atoms with Gasteiger partial charge in [0.05, 0.1) is 0 Å². The van der Waals surface area contributed by atoms with Gasteiger partial charge in [-0.05, 0) is 83.5 Å². The lowest BCUT2D eigenvalue weighted by atomic mass is 10.0. The minimum absolute atomic E-state index is 0.0782. The number of hydrogen-bond donors (Lipinski definition) is 0. The van der Waals surface area contributed by atoms with Crippen molar-refractivity contribution in [3.63, 3.8) is 0 Å². The smallest absolute Gasteiger partial charge is 0.306 e. The molecule has 0 heterocycles. The van der Waals surface area contributed by atoms with Crippen molar-refractivity contribution >= 4 is 17.9 Å². The van der Waals surface area contributed by atoms with Crippen LogP contribution in [-0.4, -0.2) is 37.2 Å². The van der Waals surface area contributed by atoms with Crippen LogP contribution in [0.25, 0.3) is 0 Å². The molecule has 0 aliphatic heterocycles. The molecule has 366 valence electrons. The van der Waals surface area contributed by atoms with Crippen LogP contribution in [-0.2, 0) is 28.6 Å². The molecule has 0 aliphatic rings. The third-order valence-electron chi connectivity index (χ3n) is 11.8. The lowest BCUT2D eigenvalue weighted by Crippen LogP contribution is -2.30. The number of ether oxygens (including phenoxy) is 3. The molecule has 0 aromatic carbocycles. The standard InChI is InChI=1S/C57H102O6/c1-4-7-10-13-16-19-22-25-26-27-28-29-30-33-35-38-41-44-47-50-56(59)62-53-54(63-57(60)51-48-45-42-39-36-32-24-21-18-15-12-9-6-3)52-61-55(58)49-46-43-40-37-34-31-23-20-17-14-11-8-5-2/h16,19,21,24-26,28-29,54H,4-15,17-18,20,22-23,27,30-53H2,1-3H3/b19-16-,24-21-,26-25-,29-28-. The second-order valence-electron chi connectivity index (χ2n) is 18.1.